The number of anilines is 1. The molecule has 1 aromatic carbocycles. The van der Waals surface area contributed by atoms with Gasteiger partial charge in [-0.15, -0.1) is 0 Å². The highest BCUT2D eigenvalue weighted by atomic mass is 79.9. The van der Waals surface area contributed by atoms with Crippen molar-refractivity contribution in [2.24, 2.45) is 5.92 Å². The van der Waals surface area contributed by atoms with Gasteiger partial charge in [0.25, 0.3) is 0 Å². The van der Waals surface area contributed by atoms with Gasteiger partial charge in [0, 0.05) is 29.0 Å². The summed E-state index contributed by atoms with van der Waals surface area (Å²) in [5.41, 5.74) is 6.65. The molecule has 14 heteroatoms. The molecule has 0 aliphatic carbocycles. The minimum atomic E-state index is -1.20. The molecular formula is C23H26BrN7O5S. The summed E-state index contributed by atoms with van der Waals surface area (Å²) in [5.74, 6) is 2.39. The standard InChI is InChI=1S/C23H26BrN7O5S/c1-12(27-23(33)34)21(32)30-5-2-3-13(9-30)4-6-31-10-26-19(25)18-20(31)29-22(28-18)37-17-8-16-15(7-14(17)24)35-11-36-16/h7-8,10,12-13,27H,2-6,9,11,25H2,1H3,(H,33,34)/t12-,13?/m0/s1. The number of benzene rings is 1. The first kappa shape index (κ1) is 25.4. The van der Waals surface area contributed by atoms with E-state index in [0.717, 1.165) is 28.6 Å². The number of ether oxygens (including phenoxy) is 2. The van der Waals surface area contributed by atoms with Crippen molar-refractivity contribution >= 4 is 45.5 Å². The highest BCUT2D eigenvalue weighted by Gasteiger charge is 2.28. The van der Waals surface area contributed by atoms with E-state index in [2.05, 4.69) is 31.2 Å². The molecule has 196 valence electrons. The number of likely N-dealkylation sites (tertiary alicyclic amines) is 1. The third-order valence-electron chi connectivity index (χ3n) is 6.42. The molecule has 4 aliphatic rings. The first-order valence-electron chi connectivity index (χ1n) is 11.8. The van der Waals surface area contributed by atoms with Crippen LogP contribution in [0, 0.1) is 5.92 Å². The Morgan fingerprint density at radius 2 is 2.11 bits per heavy atom. The van der Waals surface area contributed by atoms with E-state index in [1.54, 1.807) is 18.2 Å². The van der Waals surface area contributed by atoms with E-state index >= 15 is 0 Å². The highest BCUT2D eigenvalue weighted by Crippen LogP contribution is 2.43. The second kappa shape index (κ2) is 10.6. The average molecular weight is 592 g/mol. The topological polar surface area (TPSA) is 158 Å². The van der Waals surface area contributed by atoms with Crippen LogP contribution in [0.5, 0.6) is 11.5 Å². The molecule has 0 saturated carbocycles. The van der Waals surface area contributed by atoms with Gasteiger partial charge < -0.3 is 35.1 Å². The zero-order chi connectivity index (χ0) is 26.1. The van der Waals surface area contributed by atoms with Gasteiger partial charge in [-0.1, -0.05) is 0 Å². The maximum atomic E-state index is 12.6. The Bertz CT molecular complexity index is 1300. The number of fused-ring (bicyclic) bond motifs is 2. The number of carbonyl (C=O) groups is 2. The number of aryl methyl sites for hydroxylation is 1. The van der Waals surface area contributed by atoms with Gasteiger partial charge in [-0.25, -0.2) is 19.7 Å². The van der Waals surface area contributed by atoms with Crippen LogP contribution in [-0.2, 0) is 11.3 Å². The molecule has 0 aromatic heterocycles. The van der Waals surface area contributed by atoms with Crippen molar-refractivity contribution in [3.8, 4) is 23.0 Å². The monoisotopic (exact) mass is 591 g/mol. The number of carbonyl (C=O) groups excluding carboxylic acids is 1. The van der Waals surface area contributed by atoms with Gasteiger partial charge in [0.15, 0.2) is 34.0 Å². The van der Waals surface area contributed by atoms with Crippen LogP contribution >= 0.6 is 27.7 Å². The predicted molar refractivity (Wildman–Crippen MR) is 138 cm³/mol. The highest BCUT2D eigenvalue weighted by molar-refractivity contribution is 9.10. The molecule has 4 N–H and O–H groups in total. The number of hydrogen-bond donors (Lipinski definition) is 3. The molecule has 0 radical (unpaired) electrons. The molecule has 5 rings (SSSR count). The van der Waals surface area contributed by atoms with E-state index in [1.807, 2.05) is 16.7 Å². The van der Waals surface area contributed by atoms with E-state index in [9.17, 15) is 9.59 Å². The van der Waals surface area contributed by atoms with E-state index < -0.39 is 12.1 Å². The number of nitrogens with zero attached hydrogens (tertiary/aromatic N) is 5. The molecule has 4 aliphatic heterocycles. The summed E-state index contributed by atoms with van der Waals surface area (Å²) in [4.78, 5) is 39.8. The van der Waals surface area contributed by atoms with E-state index in [0.29, 0.717) is 53.6 Å². The summed E-state index contributed by atoms with van der Waals surface area (Å²) in [6, 6.07) is 2.98. The summed E-state index contributed by atoms with van der Waals surface area (Å²) in [7, 11) is 0. The average Bonchev–Trinajstić information content (AvgIpc) is 3.50. The summed E-state index contributed by atoms with van der Waals surface area (Å²) in [6.07, 6.45) is 3.13. The smallest absolute Gasteiger partial charge is 0.405 e. The second-order valence-corrected chi connectivity index (χ2v) is 10.9. The summed E-state index contributed by atoms with van der Waals surface area (Å²) in [6.45, 7) is 3.61. The first-order chi connectivity index (χ1) is 17.8. The molecule has 4 heterocycles. The lowest BCUT2D eigenvalue weighted by Crippen LogP contribution is -2.49. The lowest BCUT2D eigenvalue weighted by atomic mass is 9.94. The Hall–Kier alpha value is -3.26. The number of nitrogens with two attached hydrogens (primary N) is 1. The molecule has 37 heavy (non-hydrogen) atoms. The minimum Gasteiger partial charge on any atom is -0.465 e. The van der Waals surface area contributed by atoms with Gasteiger partial charge in [0.1, 0.15) is 6.04 Å². The quantitative estimate of drug-likeness (QED) is 0.372. The van der Waals surface area contributed by atoms with E-state index in [-0.39, 0.29) is 18.6 Å². The normalized spacial score (nSPS) is 17.7. The number of halogens is 1. The van der Waals surface area contributed by atoms with Crippen LogP contribution in [0.3, 0.4) is 0 Å². The lowest BCUT2D eigenvalue weighted by Gasteiger charge is -2.34. The van der Waals surface area contributed by atoms with Crippen molar-refractivity contribution in [1.29, 1.82) is 0 Å². The molecule has 1 aromatic rings. The molecule has 2 amide bonds. The number of nitrogens with one attached hydrogen (secondary N) is 1. The number of amides is 2. The summed E-state index contributed by atoms with van der Waals surface area (Å²) >= 11 is 4.96. The van der Waals surface area contributed by atoms with Crippen molar-refractivity contribution in [2.75, 3.05) is 25.6 Å². The number of carboxylic acid groups (broad SMARTS) is 1. The van der Waals surface area contributed by atoms with Crippen LogP contribution in [0.15, 0.2) is 33.0 Å². The van der Waals surface area contributed by atoms with E-state index in [1.165, 1.54) is 11.8 Å². The van der Waals surface area contributed by atoms with Crippen LogP contribution in [0.1, 0.15) is 26.2 Å². The first-order valence-corrected chi connectivity index (χ1v) is 13.4. The van der Waals surface area contributed by atoms with Gasteiger partial charge in [0.2, 0.25) is 12.7 Å². The second-order valence-electron chi connectivity index (χ2n) is 8.99. The lowest BCUT2D eigenvalue weighted by molar-refractivity contribution is -0.134. The fourth-order valence-electron chi connectivity index (χ4n) is 4.56. The van der Waals surface area contributed by atoms with Crippen molar-refractivity contribution in [3.05, 3.63) is 22.9 Å². The summed E-state index contributed by atoms with van der Waals surface area (Å²) in [5, 5.41) is 11.7. The minimum absolute atomic E-state index is 0.194. The number of rotatable bonds is 7. The molecule has 1 fully saturated rings. The number of piperidine rings is 1. The fourth-order valence-corrected chi connectivity index (χ4v) is 5.91. The fraction of sp³-hybridized carbons (Fsp3) is 0.435. The van der Waals surface area contributed by atoms with Gasteiger partial charge >= 0.3 is 6.09 Å². The number of imidazole rings is 1. The van der Waals surface area contributed by atoms with Gasteiger partial charge in [-0.05, 0) is 71.9 Å². The van der Waals surface area contributed by atoms with Crippen LogP contribution < -0.4 is 20.5 Å². The zero-order valence-corrected chi connectivity index (χ0v) is 22.4. The molecule has 1 saturated heterocycles. The molecule has 0 spiro atoms. The third-order valence-corrected chi connectivity index (χ3v) is 8.26. The maximum Gasteiger partial charge on any atom is 0.405 e. The molecule has 2 atom stereocenters. The van der Waals surface area contributed by atoms with Crippen LogP contribution in [0.4, 0.5) is 10.6 Å². The molecule has 12 nitrogen and oxygen atoms in total. The Kier molecular flexibility index (Phi) is 7.29. The van der Waals surface area contributed by atoms with Crippen molar-refractivity contribution < 1.29 is 24.2 Å². The van der Waals surface area contributed by atoms with Crippen LogP contribution in [0.25, 0.3) is 11.5 Å². The SMILES string of the molecule is C[C@H](NC(=O)O)C(=O)N1CCCC(CCn2cnc(N)c3nc(Sc4cc5c(cc4Br)OCO5)nc2-3)C1. The van der Waals surface area contributed by atoms with Crippen molar-refractivity contribution in [1.82, 2.24) is 29.7 Å². The molecular weight excluding hydrogens is 566 g/mol. The summed E-state index contributed by atoms with van der Waals surface area (Å²) < 4.78 is 13.7. The third kappa shape index (κ3) is 5.54. The number of aromatic nitrogens is 4. The molecule has 0 bridgehead atoms. The van der Waals surface area contributed by atoms with Gasteiger partial charge in [-0.2, -0.15) is 0 Å². The molecule has 1 unspecified atom stereocenters. The maximum absolute atomic E-state index is 12.6. The predicted octanol–water partition coefficient (Wildman–Crippen LogP) is 3.29. The van der Waals surface area contributed by atoms with Crippen molar-refractivity contribution in [3.63, 3.8) is 0 Å². The Balaban J connectivity index is 1.27. The van der Waals surface area contributed by atoms with Gasteiger partial charge in [-0.3, -0.25) is 4.79 Å². The number of nitrogen functional groups attached to an aromatic ring is 1. The Labute approximate surface area is 225 Å². The number of hydrogen-bond acceptors (Lipinski definition) is 9. The zero-order valence-electron chi connectivity index (χ0n) is 20.0. The Morgan fingerprint density at radius 1 is 1.32 bits per heavy atom. The van der Waals surface area contributed by atoms with E-state index in [4.69, 9.17) is 25.3 Å². The van der Waals surface area contributed by atoms with Gasteiger partial charge in [0.05, 0.1) is 6.33 Å². The Morgan fingerprint density at radius 3 is 2.89 bits per heavy atom. The van der Waals surface area contributed by atoms with Crippen LogP contribution in [0.2, 0.25) is 0 Å². The van der Waals surface area contributed by atoms with Crippen LogP contribution in [-0.4, -0.2) is 67.5 Å². The largest absolute Gasteiger partial charge is 0.465 e. The van der Waals surface area contributed by atoms with Crippen molar-refractivity contribution in [2.45, 2.75) is 48.8 Å².